The van der Waals surface area contributed by atoms with Gasteiger partial charge in [0.15, 0.2) is 0 Å². The van der Waals surface area contributed by atoms with Crippen molar-refractivity contribution in [2.24, 2.45) is 0 Å². The molecule has 0 spiro atoms. The molecule has 0 amide bonds. The summed E-state index contributed by atoms with van der Waals surface area (Å²) in [5.74, 6) is 0. The Morgan fingerprint density at radius 2 is 2.21 bits per heavy atom. The molecule has 1 aromatic carbocycles. The fourth-order valence-electron chi connectivity index (χ4n) is 1.16. The van der Waals surface area contributed by atoms with Gasteiger partial charge < -0.3 is 0 Å². The molecule has 1 aromatic heterocycles. The molecule has 6 heteroatoms. The van der Waals surface area contributed by atoms with Crippen molar-refractivity contribution in [1.29, 1.82) is 0 Å². The minimum atomic E-state index is -0.384. The lowest BCUT2D eigenvalue weighted by Gasteiger charge is -1.91. The number of nitrogens with zero attached hydrogens (tertiary/aromatic N) is 1. The Morgan fingerprint density at radius 3 is 2.86 bits per heavy atom. The topological polar surface area (TPSA) is 43.1 Å². The fourth-order valence-corrected chi connectivity index (χ4v) is 3.35. The van der Waals surface area contributed by atoms with Crippen molar-refractivity contribution in [3.05, 3.63) is 31.9 Å². The highest BCUT2D eigenvalue weighted by molar-refractivity contribution is 14.1. The molecule has 0 saturated carbocycles. The van der Waals surface area contributed by atoms with Gasteiger partial charge in [-0.05, 0) is 28.7 Å². The zero-order valence-corrected chi connectivity index (χ0v) is 10.6. The van der Waals surface area contributed by atoms with E-state index in [0.717, 1.165) is 17.9 Å². The number of thiophene rings is 1. The van der Waals surface area contributed by atoms with E-state index in [1.54, 1.807) is 12.1 Å². The molecule has 3 nitrogen and oxygen atoms in total. The first-order valence-corrected chi connectivity index (χ1v) is 5.99. The van der Waals surface area contributed by atoms with Gasteiger partial charge in [-0.25, -0.2) is 0 Å². The van der Waals surface area contributed by atoms with Crippen molar-refractivity contribution in [2.75, 3.05) is 0 Å². The van der Waals surface area contributed by atoms with E-state index in [-0.39, 0.29) is 10.6 Å². The zero-order valence-electron chi connectivity index (χ0n) is 6.73. The summed E-state index contributed by atoms with van der Waals surface area (Å²) < 4.78 is 2.92. The van der Waals surface area contributed by atoms with E-state index in [1.807, 2.05) is 0 Å². The SMILES string of the molecule is O=[N+]([O-])c1ccc2sc(S)c(I)c2c1. The summed E-state index contributed by atoms with van der Waals surface area (Å²) in [4.78, 5) is 10.2. The Morgan fingerprint density at radius 1 is 1.50 bits per heavy atom. The Kier molecular flexibility index (Phi) is 2.67. The van der Waals surface area contributed by atoms with Crippen molar-refractivity contribution in [3.8, 4) is 0 Å². The average Bonchev–Trinajstić information content (AvgIpc) is 2.43. The van der Waals surface area contributed by atoms with Crippen LogP contribution in [0.25, 0.3) is 10.1 Å². The lowest BCUT2D eigenvalue weighted by Crippen LogP contribution is -1.86. The van der Waals surface area contributed by atoms with Crippen LogP contribution in [0.4, 0.5) is 5.69 Å². The fraction of sp³-hybridized carbons (Fsp3) is 0. The number of fused-ring (bicyclic) bond motifs is 1. The van der Waals surface area contributed by atoms with Crippen LogP contribution in [0.15, 0.2) is 22.4 Å². The van der Waals surface area contributed by atoms with Crippen LogP contribution >= 0.6 is 46.6 Å². The quantitative estimate of drug-likeness (QED) is 0.373. The second-order valence-corrected chi connectivity index (χ2v) is 5.54. The lowest BCUT2D eigenvalue weighted by atomic mass is 10.2. The van der Waals surface area contributed by atoms with Gasteiger partial charge in [-0.15, -0.1) is 24.0 Å². The van der Waals surface area contributed by atoms with Gasteiger partial charge in [-0.3, -0.25) is 10.1 Å². The van der Waals surface area contributed by atoms with Crippen molar-refractivity contribution < 1.29 is 4.92 Å². The molecule has 2 aromatic rings. The Labute approximate surface area is 103 Å². The standard InChI is InChI=1S/C8H4INO2S2/c9-7-5-3-4(10(11)12)1-2-6(5)14-8(7)13/h1-3,13H. The number of nitro groups is 1. The molecule has 0 atom stereocenters. The predicted octanol–water partition coefficient (Wildman–Crippen LogP) is 3.70. The van der Waals surface area contributed by atoms with Gasteiger partial charge in [-0.1, -0.05) is 0 Å². The van der Waals surface area contributed by atoms with Crippen molar-refractivity contribution in [3.63, 3.8) is 0 Å². The molecule has 0 aliphatic rings. The first-order chi connectivity index (χ1) is 6.59. The highest BCUT2D eigenvalue weighted by Crippen LogP contribution is 2.36. The van der Waals surface area contributed by atoms with E-state index in [4.69, 9.17) is 0 Å². The summed E-state index contributed by atoms with van der Waals surface area (Å²) in [5, 5.41) is 11.5. The van der Waals surface area contributed by atoms with Crippen LogP contribution in [0.3, 0.4) is 0 Å². The van der Waals surface area contributed by atoms with Crippen molar-refractivity contribution >= 4 is 62.3 Å². The second-order valence-electron chi connectivity index (χ2n) is 2.66. The monoisotopic (exact) mass is 337 g/mol. The Bertz CT molecular complexity index is 523. The van der Waals surface area contributed by atoms with E-state index in [9.17, 15) is 10.1 Å². The smallest absolute Gasteiger partial charge is 0.258 e. The van der Waals surface area contributed by atoms with E-state index in [2.05, 4.69) is 35.2 Å². The highest BCUT2D eigenvalue weighted by atomic mass is 127. The molecule has 72 valence electrons. The first kappa shape index (κ1) is 10.2. The summed E-state index contributed by atoms with van der Waals surface area (Å²) in [7, 11) is 0. The van der Waals surface area contributed by atoms with Crippen LogP contribution < -0.4 is 0 Å². The lowest BCUT2D eigenvalue weighted by molar-refractivity contribution is -0.384. The van der Waals surface area contributed by atoms with E-state index in [0.29, 0.717) is 0 Å². The molecular formula is C8H4INO2S2. The van der Waals surface area contributed by atoms with E-state index < -0.39 is 0 Å². The molecular weight excluding hydrogens is 333 g/mol. The number of non-ortho nitro benzene ring substituents is 1. The predicted molar refractivity (Wildman–Crippen MR) is 68.4 cm³/mol. The van der Waals surface area contributed by atoms with Gasteiger partial charge in [0, 0.05) is 25.8 Å². The number of nitro benzene ring substituents is 1. The Balaban J connectivity index is 2.76. The average molecular weight is 337 g/mol. The van der Waals surface area contributed by atoms with Gasteiger partial charge in [-0.2, -0.15) is 0 Å². The number of hydrogen-bond donors (Lipinski definition) is 1. The number of benzene rings is 1. The number of thiol groups is 1. The van der Waals surface area contributed by atoms with E-state index in [1.165, 1.54) is 17.4 Å². The van der Waals surface area contributed by atoms with Crippen LogP contribution in [0.5, 0.6) is 0 Å². The molecule has 0 aliphatic carbocycles. The van der Waals surface area contributed by atoms with Gasteiger partial charge >= 0.3 is 0 Å². The minimum absolute atomic E-state index is 0.126. The third-order valence-electron chi connectivity index (χ3n) is 1.80. The van der Waals surface area contributed by atoms with E-state index >= 15 is 0 Å². The van der Waals surface area contributed by atoms with Crippen LogP contribution in [0.2, 0.25) is 0 Å². The maximum Gasteiger partial charge on any atom is 0.270 e. The molecule has 0 saturated heterocycles. The molecule has 0 radical (unpaired) electrons. The largest absolute Gasteiger partial charge is 0.270 e. The van der Waals surface area contributed by atoms with Crippen molar-refractivity contribution in [1.82, 2.24) is 0 Å². The molecule has 0 fully saturated rings. The summed E-state index contributed by atoms with van der Waals surface area (Å²) in [6, 6.07) is 4.87. The molecule has 0 unspecified atom stereocenters. The zero-order chi connectivity index (χ0) is 10.3. The van der Waals surface area contributed by atoms with Gasteiger partial charge in [0.2, 0.25) is 0 Å². The van der Waals surface area contributed by atoms with Crippen LogP contribution in [0, 0.1) is 13.7 Å². The Hall–Kier alpha value is -0.340. The van der Waals surface area contributed by atoms with Crippen LogP contribution in [0.1, 0.15) is 0 Å². The summed E-state index contributed by atoms with van der Waals surface area (Å²) in [5.41, 5.74) is 0.126. The summed E-state index contributed by atoms with van der Waals surface area (Å²) in [6.07, 6.45) is 0. The van der Waals surface area contributed by atoms with Gasteiger partial charge in [0.25, 0.3) is 5.69 Å². The third kappa shape index (κ3) is 1.61. The highest BCUT2D eigenvalue weighted by Gasteiger charge is 2.11. The third-order valence-corrected chi connectivity index (χ3v) is 5.19. The number of hydrogen-bond acceptors (Lipinski definition) is 4. The minimum Gasteiger partial charge on any atom is -0.258 e. The first-order valence-electron chi connectivity index (χ1n) is 3.65. The molecule has 14 heavy (non-hydrogen) atoms. The molecule has 1 heterocycles. The number of halogens is 1. The molecule has 2 rings (SSSR count). The maximum atomic E-state index is 10.6. The second kappa shape index (κ2) is 3.67. The summed E-state index contributed by atoms with van der Waals surface area (Å²) >= 11 is 7.97. The normalized spacial score (nSPS) is 10.7. The summed E-state index contributed by atoms with van der Waals surface area (Å²) in [6.45, 7) is 0. The number of rotatable bonds is 1. The van der Waals surface area contributed by atoms with Crippen molar-refractivity contribution in [2.45, 2.75) is 4.21 Å². The van der Waals surface area contributed by atoms with Crippen LogP contribution in [-0.4, -0.2) is 4.92 Å². The molecule has 0 aliphatic heterocycles. The molecule has 0 bridgehead atoms. The van der Waals surface area contributed by atoms with Gasteiger partial charge in [0.05, 0.1) is 9.13 Å². The van der Waals surface area contributed by atoms with Crippen LogP contribution in [-0.2, 0) is 0 Å². The maximum absolute atomic E-state index is 10.6. The molecule has 0 N–H and O–H groups in total. The van der Waals surface area contributed by atoms with Gasteiger partial charge in [0.1, 0.15) is 0 Å².